The maximum atomic E-state index is 13.2. The number of nitrogens with two attached hydrogens (primary N) is 1. The molecule has 0 fully saturated rings. The van der Waals surface area contributed by atoms with E-state index in [9.17, 15) is 13.6 Å². The molecular weight excluding hydrogens is 280 g/mol. The predicted molar refractivity (Wildman–Crippen MR) is 71.6 cm³/mol. The normalized spacial score (nSPS) is 12.7. The predicted octanol–water partition coefficient (Wildman–Crippen LogP) is 1.97. The maximum Gasteiger partial charge on any atom is 0.421 e. The van der Waals surface area contributed by atoms with Gasteiger partial charge in [-0.2, -0.15) is 0 Å². The first-order valence-electron chi connectivity index (χ1n) is 6.21. The summed E-state index contributed by atoms with van der Waals surface area (Å²) in [5.74, 6) is -2.52. The molecule has 0 spiro atoms. The molecule has 0 amide bonds. The third kappa shape index (κ3) is 2.43. The summed E-state index contributed by atoms with van der Waals surface area (Å²) in [6.45, 7) is 0.0495. The summed E-state index contributed by atoms with van der Waals surface area (Å²) in [7, 11) is 0. The number of hydrogen-bond donors (Lipinski definition) is 1. The smallest absolute Gasteiger partial charge is 0.406 e. The molecule has 1 atom stereocenters. The maximum absolute atomic E-state index is 13.2. The molecular formula is C14H11F2N3O2. The second kappa shape index (κ2) is 5.10. The van der Waals surface area contributed by atoms with Crippen molar-refractivity contribution >= 4 is 11.2 Å². The minimum Gasteiger partial charge on any atom is -0.406 e. The van der Waals surface area contributed by atoms with Gasteiger partial charge in [0.05, 0.1) is 6.54 Å². The van der Waals surface area contributed by atoms with Crippen molar-refractivity contribution in [3.63, 3.8) is 0 Å². The number of rotatable bonds is 3. The van der Waals surface area contributed by atoms with Gasteiger partial charge in [0.1, 0.15) is 0 Å². The average molecular weight is 291 g/mol. The van der Waals surface area contributed by atoms with Crippen LogP contribution in [0.4, 0.5) is 8.78 Å². The Labute approximate surface area is 117 Å². The van der Waals surface area contributed by atoms with Gasteiger partial charge in [0.2, 0.25) is 0 Å². The molecule has 2 aromatic heterocycles. The lowest BCUT2D eigenvalue weighted by Crippen LogP contribution is -2.24. The second-order valence-electron chi connectivity index (χ2n) is 4.58. The minimum atomic E-state index is -0.981. The van der Waals surface area contributed by atoms with Gasteiger partial charge in [0, 0.05) is 12.2 Å². The lowest BCUT2D eigenvalue weighted by Gasteiger charge is -2.12. The Balaban J connectivity index is 1.96. The SMILES string of the molecule is NC(Cn1c(=O)oc2cccnc21)c1ccc(F)c(F)c1. The van der Waals surface area contributed by atoms with Crippen LogP contribution in [0.2, 0.25) is 0 Å². The van der Waals surface area contributed by atoms with Crippen LogP contribution in [0.5, 0.6) is 0 Å². The van der Waals surface area contributed by atoms with E-state index in [0.717, 1.165) is 12.1 Å². The molecule has 0 radical (unpaired) electrons. The third-order valence-electron chi connectivity index (χ3n) is 3.18. The van der Waals surface area contributed by atoms with Crippen molar-refractivity contribution in [1.29, 1.82) is 0 Å². The lowest BCUT2D eigenvalue weighted by molar-refractivity contribution is 0.475. The standard InChI is InChI=1S/C14H11F2N3O2/c15-9-4-3-8(6-10(9)16)11(17)7-19-13-12(21-14(19)20)2-1-5-18-13/h1-6,11H,7,17H2. The molecule has 2 heterocycles. The highest BCUT2D eigenvalue weighted by Crippen LogP contribution is 2.17. The molecule has 2 N–H and O–H groups in total. The van der Waals surface area contributed by atoms with Gasteiger partial charge >= 0.3 is 5.76 Å². The number of halogens is 2. The fraction of sp³-hybridized carbons (Fsp3) is 0.143. The van der Waals surface area contributed by atoms with Crippen molar-refractivity contribution in [3.8, 4) is 0 Å². The number of fused-ring (bicyclic) bond motifs is 1. The van der Waals surface area contributed by atoms with Gasteiger partial charge in [0.15, 0.2) is 22.9 Å². The van der Waals surface area contributed by atoms with E-state index in [1.165, 1.54) is 16.8 Å². The van der Waals surface area contributed by atoms with E-state index in [0.29, 0.717) is 16.8 Å². The summed E-state index contributed by atoms with van der Waals surface area (Å²) in [6.07, 6.45) is 1.52. The van der Waals surface area contributed by atoms with E-state index in [1.54, 1.807) is 12.1 Å². The lowest BCUT2D eigenvalue weighted by atomic mass is 10.1. The highest BCUT2D eigenvalue weighted by atomic mass is 19.2. The van der Waals surface area contributed by atoms with Crippen LogP contribution >= 0.6 is 0 Å². The fourth-order valence-corrected chi connectivity index (χ4v) is 2.11. The summed E-state index contributed by atoms with van der Waals surface area (Å²) < 4.78 is 32.4. The van der Waals surface area contributed by atoms with E-state index >= 15 is 0 Å². The highest BCUT2D eigenvalue weighted by molar-refractivity contribution is 5.67. The van der Waals surface area contributed by atoms with Crippen LogP contribution in [0, 0.1) is 11.6 Å². The molecule has 0 saturated heterocycles. The van der Waals surface area contributed by atoms with Crippen LogP contribution < -0.4 is 11.5 Å². The molecule has 3 rings (SSSR count). The van der Waals surface area contributed by atoms with Gasteiger partial charge in [-0.3, -0.25) is 4.57 Å². The Morgan fingerprint density at radius 2 is 2.10 bits per heavy atom. The van der Waals surface area contributed by atoms with Crippen LogP contribution in [0.25, 0.3) is 11.2 Å². The average Bonchev–Trinajstić information content (AvgIpc) is 2.78. The van der Waals surface area contributed by atoms with Crippen molar-refractivity contribution in [2.45, 2.75) is 12.6 Å². The quantitative estimate of drug-likeness (QED) is 0.800. The summed E-state index contributed by atoms with van der Waals surface area (Å²) in [4.78, 5) is 15.9. The van der Waals surface area contributed by atoms with Crippen molar-refractivity contribution < 1.29 is 13.2 Å². The zero-order chi connectivity index (χ0) is 15.0. The Bertz CT molecular complexity index is 857. The largest absolute Gasteiger partial charge is 0.421 e. The van der Waals surface area contributed by atoms with Gasteiger partial charge < -0.3 is 10.2 Å². The van der Waals surface area contributed by atoms with Crippen molar-refractivity contribution in [3.05, 3.63) is 64.3 Å². The first-order chi connectivity index (χ1) is 10.1. The van der Waals surface area contributed by atoms with Crippen LogP contribution in [-0.4, -0.2) is 9.55 Å². The summed E-state index contributed by atoms with van der Waals surface area (Å²) in [5.41, 5.74) is 7.04. The first kappa shape index (κ1) is 13.4. The number of nitrogens with zero attached hydrogens (tertiary/aromatic N) is 2. The summed E-state index contributed by atoms with van der Waals surface area (Å²) in [6, 6.07) is 5.96. The van der Waals surface area contributed by atoms with E-state index in [-0.39, 0.29) is 6.54 Å². The van der Waals surface area contributed by atoms with Gasteiger partial charge in [-0.1, -0.05) is 6.07 Å². The van der Waals surface area contributed by atoms with Crippen molar-refractivity contribution in [2.24, 2.45) is 5.73 Å². The number of oxazole rings is 1. The van der Waals surface area contributed by atoms with Crippen LogP contribution in [0.15, 0.2) is 45.7 Å². The Morgan fingerprint density at radius 3 is 2.86 bits per heavy atom. The van der Waals surface area contributed by atoms with E-state index in [1.807, 2.05) is 0 Å². The molecule has 0 saturated carbocycles. The van der Waals surface area contributed by atoms with E-state index in [4.69, 9.17) is 10.2 Å². The van der Waals surface area contributed by atoms with Crippen molar-refractivity contribution in [2.75, 3.05) is 0 Å². The van der Waals surface area contributed by atoms with E-state index in [2.05, 4.69) is 4.98 Å². The zero-order valence-electron chi connectivity index (χ0n) is 10.8. The Hall–Kier alpha value is -2.54. The zero-order valence-corrected chi connectivity index (χ0v) is 10.8. The molecule has 0 aliphatic rings. The highest BCUT2D eigenvalue weighted by Gasteiger charge is 2.15. The number of aromatic nitrogens is 2. The number of pyridine rings is 1. The number of hydrogen-bond acceptors (Lipinski definition) is 4. The molecule has 1 aromatic carbocycles. The molecule has 0 bridgehead atoms. The topological polar surface area (TPSA) is 74.0 Å². The molecule has 3 aromatic rings. The second-order valence-corrected chi connectivity index (χ2v) is 4.58. The molecule has 0 aliphatic heterocycles. The molecule has 1 unspecified atom stereocenters. The van der Waals surface area contributed by atoms with Crippen molar-refractivity contribution in [1.82, 2.24) is 9.55 Å². The Morgan fingerprint density at radius 1 is 1.29 bits per heavy atom. The molecule has 21 heavy (non-hydrogen) atoms. The third-order valence-corrected chi connectivity index (χ3v) is 3.18. The monoisotopic (exact) mass is 291 g/mol. The minimum absolute atomic E-state index is 0.0495. The molecule has 5 nitrogen and oxygen atoms in total. The Kier molecular flexibility index (Phi) is 3.26. The van der Waals surface area contributed by atoms with Gasteiger partial charge in [-0.15, -0.1) is 0 Å². The first-order valence-corrected chi connectivity index (χ1v) is 6.21. The summed E-state index contributed by atoms with van der Waals surface area (Å²) in [5, 5.41) is 0. The van der Waals surface area contributed by atoms with Gasteiger partial charge in [-0.05, 0) is 29.8 Å². The van der Waals surface area contributed by atoms with Crippen LogP contribution in [0.3, 0.4) is 0 Å². The number of benzene rings is 1. The fourth-order valence-electron chi connectivity index (χ4n) is 2.11. The van der Waals surface area contributed by atoms with Gasteiger partial charge in [0.25, 0.3) is 0 Å². The molecule has 7 heteroatoms. The summed E-state index contributed by atoms with van der Waals surface area (Å²) >= 11 is 0. The molecule has 0 aliphatic carbocycles. The van der Waals surface area contributed by atoms with Crippen LogP contribution in [-0.2, 0) is 6.54 Å². The van der Waals surface area contributed by atoms with Crippen LogP contribution in [0.1, 0.15) is 11.6 Å². The molecule has 108 valence electrons. The van der Waals surface area contributed by atoms with Gasteiger partial charge in [-0.25, -0.2) is 18.6 Å². The van der Waals surface area contributed by atoms with E-state index < -0.39 is 23.4 Å².